The molecule has 1 atom stereocenters. The third kappa shape index (κ3) is 7.56. The van der Waals surface area contributed by atoms with Gasteiger partial charge >= 0.3 is 6.18 Å². The van der Waals surface area contributed by atoms with Crippen LogP contribution in [0.2, 0.25) is 0 Å². The second-order valence-corrected chi connectivity index (χ2v) is 6.37. The fourth-order valence-electron chi connectivity index (χ4n) is 3.43. The number of nitrogens with one attached hydrogen (secondary N) is 1. The Balaban J connectivity index is 0.00000338. The Morgan fingerprint density at radius 2 is 1.74 bits per heavy atom. The summed E-state index contributed by atoms with van der Waals surface area (Å²) >= 11 is 0. The number of nitrogens with zero attached hydrogens (tertiary/aromatic N) is 2. The summed E-state index contributed by atoms with van der Waals surface area (Å²) in [7, 11) is 0. The maximum Gasteiger partial charge on any atom is 0.389 e. The van der Waals surface area contributed by atoms with E-state index in [2.05, 4.69) is 10.2 Å². The highest BCUT2D eigenvalue weighted by Gasteiger charge is 2.32. The number of piperazine rings is 1. The lowest BCUT2D eigenvalue weighted by molar-refractivity contribution is -0.138. The van der Waals surface area contributed by atoms with E-state index in [-0.39, 0.29) is 37.0 Å². The van der Waals surface area contributed by atoms with Gasteiger partial charge < -0.3 is 15.3 Å². The van der Waals surface area contributed by atoms with Crippen molar-refractivity contribution in [3.63, 3.8) is 0 Å². The van der Waals surface area contributed by atoms with Gasteiger partial charge in [-0.3, -0.25) is 4.90 Å². The van der Waals surface area contributed by atoms with E-state index in [1.165, 1.54) is 0 Å². The minimum atomic E-state index is -4.19. The van der Waals surface area contributed by atoms with E-state index in [1.807, 2.05) is 24.8 Å². The number of halogens is 5. The van der Waals surface area contributed by atoms with Gasteiger partial charge in [-0.15, -0.1) is 24.8 Å². The number of phenols is 1. The summed E-state index contributed by atoms with van der Waals surface area (Å²) in [6.07, 6.45) is -5.08. The summed E-state index contributed by atoms with van der Waals surface area (Å²) in [6, 6.07) is 4.93. The van der Waals surface area contributed by atoms with Crippen LogP contribution in [0, 0.1) is 0 Å². The Bertz CT molecular complexity index is 551. The molecule has 9 heteroatoms. The first-order valence-corrected chi connectivity index (χ1v) is 8.95. The molecule has 0 bridgehead atoms. The van der Waals surface area contributed by atoms with E-state index in [9.17, 15) is 18.3 Å². The minimum absolute atomic E-state index is 0. The Kier molecular flexibility index (Phi) is 11.5. The van der Waals surface area contributed by atoms with Crippen molar-refractivity contribution in [3.8, 4) is 5.75 Å². The molecule has 1 aromatic carbocycles. The molecule has 0 amide bonds. The van der Waals surface area contributed by atoms with E-state index in [1.54, 1.807) is 12.1 Å². The average molecular weight is 432 g/mol. The van der Waals surface area contributed by atoms with Crippen LogP contribution in [-0.4, -0.2) is 55.5 Å². The lowest BCUT2D eigenvalue weighted by Gasteiger charge is -2.36. The number of alkyl halides is 3. The number of phenolic OH excluding ortho intramolecular Hbond substituents is 1. The number of benzene rings is 1. The van der Waals surface area contributed by atoms with Crippen molar-refractivity contribution in [1.82, 2.24) is 10.2 Å². The molecule has 1 fully saturated rings. The van der Waals surface area contributed by atoms with Crippen LogP contribution >= 0.6 is 24.8 Å². The smallest absolute Gasteiger partial charge is 0.389 e. The number of hydrogen-bond acceptors (Lipinski definition) is 4. The molecule has 2 N–H and O–H groups in total. The zero-order valence-electron chi connectivity index (χ0n) is 15.8. The molecule has 1 aliphatic heterocycles. The normalized spacial score (nSPS) is 16.2. The molecule has 158 valence electrons. The number of anilines is 1. The van der Waals surface area contributed by atoms with Crippen molar-refractivity contribution in [3.05, 3.63) is 23.8 Å². The molecule has 1 heterocycles. The maximum atomic E-state index is 12.8. The van der Waals surface area contributed by atoms with Gasteiger partial charge in [0, 0.05) is 69.0 Å². The van der Waals surface area contributed by atoms with Gasteiger partial charge in [0.25, 0.3) is 0 Å². The lowest BCUT2D eigenvalue weighted by Crippen LogP contribution is -2.45. The first kappa shape index (κ1) is 26.1. The number of aromatic hydroxyl groups is 1. The van der Waals surface area contributed by atoms with Crippen LogP contribution < -0.4 is 10.2 Å². The fraction of sp³-hybridized carbons (Fsp3) is 0.667. The van der Waals surface area contributed by atoms with Crippen LogP contribution in [-0.2, 0) is 0 Å². The lowest BCUT2D eigenvalue weighted by atomic mass is 9.97. The third-order valence-corrected chi connectivity index (χ3v) is 4.80. The van der Waals surface area contributed by atoms with E-state index in [0.717, 1.165) is 31.9 Å². The Labute approximate surface area is 171 Å². The quantitative estimate of drug-likeness (QED) is 0.671. The summed E-state index contributed by atoms with van der Waals surface area (Å²) in [5, 5.41) is 13.7. The molecule has 2 rings (SSSR count). The van der Waals surface area contributed by atoms with Gasteiger partial charge in [0.2, 0.25) is 0 Å². The molecular formula is C18H30Cl2F3N3O. The van der Waals surface area contributed by atoms with Crippen LogP contribution in [0.3, 0.4) is 0 Å². The third-order valence-electron chi connectivity index (χ3n) is 4.80. The largest absolute Gasteiger partial charge is 0.508 e. The Morgan fingerprint density at radius 1 is 1.15 bits per heavy atom. The summed E-state index contributed by atoms with van der Waals surface area (Å²) in [5.41, 5.74) is 1.48. The monoisotopic (exact) mass is 431 g/mol. The van der Waals surface area contributed by atoms with E-state index in [0.29, 0.717) is 18.7 Å². The highest BCUT2D eigenvalue weighted by Crippen LogP contribution is 2.37. The predicted octanol–water partition coefficient (Wildman–Crippen LogP) is 4.37. The second-order valence-electron chi connectivity index (χ2n) is 6.37. The van der Waals surface area contributed by atoms with Crippen molar-refractivity contribution < 1.29 is 18.3 Å². The zero-order valence-corrected chi connectivity index (χ0v) is 17.4. The molecule has 27 heavy (non-hydrogen) atoms. The van der Waals surface area contributed by atoms with Crippen molar-refractivity contribution in [2.24, 2.45) is 0 Å². The molecule has 4 nitrogen and oxygen atoms in total. The predicted molar refractivity (Wildman–Crippen MR) is 109 cm³/mol. The Hall–Kier alpha value is -0.890. The first-order valence-electron chi connectivity index (χ1n) is 8.95. The van der Waals surface area contributed by atoms with Gasteiger partial charge in [0.05, 0.1) is 0 Å². The van der Waals surface area contributed by atoms with Crippen LogP contribution in [0.4, 0.5) is 18.9 Å². The molecule has 0 saturated carbocycles. The SMILES string of the molecule is CCN(CC)c1ccc([C@H](CCC(F)(F)F)N2CCNCC2)c(O)c1.Cl.Cl. The number of hydrogen-bond donors (Lipinski definition) is 2. The average Bonchev–Trinajstić information content (AvgIpc) is 2.58. The van der Waals surface area contributed by atoms with E-state index in [4.69, 9.17) is 0 Å². The minimum Gasteiger partial charge on any atom is -0.508 e. The van der Waals surface area contributed by atoms with Crippen LogP contribution in [0.5, 0.6) is 5.75 Å². The van der Waals surface area contributed by atoms with Gasteiger partial charge in [0.1, 0.15) is 5.75 Å². The van der Waals surface area contributed by atoms with Crippen LogP contribution in [0.15, 0.2) is 18.2 Å². The standard InChI is InChI=1S/C18H28F3N3O.2ClH/c1-3-23(4-2)14-5-6-15(17(25)13-14)16(7-8-18(19,20)21)24-11-9-22-10-12-24;;/h5-6,13,16,22,25H,3-4,7-12H2,1-2H3;2*1H/t16-;;/m0../s1. The van der Waals surface area contributed by atoms with Crippen LogP contribution in [0.1, 0.15) is 38.3 Å². The Morgan fingerprint density at radius 3 is 2.22 bits per heavy atom. The zero-order chi connectivity index (χ0) is 18.4. The maximum absolute atomic E-state index is 12.8. The highest BCUT2D eigenvalue weighted by molar-refractivity contribution is 5.85. The first-order chi connectivity index (χ1) is 11.9. The van der Waals surface area contributed by atoms with Gasteiger partial charge in [-0.1, -0.05) is 6.07 Å². The van der Waals surface area contributed by atoms with Crippen molar-refractivity contribution in [1.29, 1.82) is 0 Å². The van der Waals surface area contributed by atoms with E-state index >= 15 is 0 Å². The molecule has 1 aromatic rings. The van der Waals surface area contributed by atoms with Gasteiger partial charge in [-0.2, -0.15) is 13.2 Å². The summed E-state index contributed by atoms with van der Waals surface area (Å²) < 4.78 is 38.3. The molecule has 1 saturated heterocycles. The molecule has 0 aliphatic carbocycles. The summed E-state index contributed by atoms with van der Waals surface area (Å²) in [5.74, 6) is 0.0788. The molecule has 0 spiro atoms. The molecule has 0 radical (unpaired) electrons. The topological polar surface area (TPSA) is 38.7 Å². The number of rotatable bonds is 7. The highest BCUT2D eigenvalue weighted by atomic mass is 35.5. The summed E-state index contributed by atoms with van der Waals surface area (Å²) in [4.78, 5) is 4.13. The molecular weight excluding hydrogens is 402 g/mol. The van der Waals surface area contributed by atoms with Gasteiger partial charge in [0.15, 0.2) is 0 Å². The van der Waals surface area contributed by atoms with E-state index < -0.39 is 18.6 Å². The van der Waals surface area contributed by atoms with Crippen molar-refractivity contribution >= 4 is 30.5 Å². The molecule has 1 aliphatic rings. The van der Waals surface area contributed by atoms with Crippen molar-refractivity contribution in [2.45, 2.75) is 38.9 Å². The molecule has 0 aromatic heterocycles. The summed E-state index contributed by atoms with van der Waals surface area (Å²) in [6.45, 7) is 8.54. The molecule has 0 unspecified atom stereocenters. The van der Waals surface area contributed by atoms with Crippen LogP contribution in [0.25, 0.3) is 0 Å². The van der Waals surface area contributed by atoms with Gasteiger partial charge in [-0.25, -0.2) is 0 Å². The van der Waals surface area contributed by atoms with Crippen molar-refractivity contribution in [2.75, 3.05) is 44.2 Å². The van der Waals surface area contributed by atoms with Gasteiger partial charge in [-0.05, 0) is 26.3 Å². The second kappa shape index (κ2) is 11.8. The fourth-order valence-corrected chi connectivity index (χ4v) is 3.43.